The van der Waals surface area contributed by atoms with Crippen molar-refractivity contribution in [1.29, 1.82) is 0 Å². The van der Waals surface area contributed by atoms with Crippen LogP contribution in [0.1, 0.15) is 0 Å². The van der Waals surface area contributed by atoms with Crippen molar-refractivity contribution in [1.82, 2.24) is 0 Å². The van der Waals surface area contributed by atoms with E-state index in [4.69, 9.17) is 9.59 Å². The third kappa shape index (κ3) is 4.70. The van der Waals surface area contributed by atoms with E-state index in [-0.39, 0.29) is 29.9 Å². The van der Waals surface area contributed by atoms with Crippen LogP contribution < -0.4 is 0 Å². The Morgan fingerprint density at radius 1 is 0.750 bits per heavy atom. The molecule has 0 spiro atoms. The van der Waals surface area contributed by atoms with E-state index in [9.17, 15) is 0 Å². The molecule has 0 fully saturated rings. The maximum absolute atomic E-state index is 8.95. The van der Waals surface area contributed by atoms with E-state index >= 15 is 0 Å². The smallest absolute Gasteiger partial charge is 0.300 e. The summed E-state index contributed by atoms with van der Waals surface area (Å²) in [7, 11) is 0. The summed E-state index contributed by atoms with van der Waals surface area (Å²) < 4.78 is 3.47. The summed E-state index contributed by atoms with van der Waals surface area (Å²) in [5.41, 5.74) is 0. The van der Waals surface area contributed by atoms with E-state index in [1.807, 2.05) is 0 Å². The normalized spacial score (nSPS) is 8.00. The standard InChI is InChI=1S/C10H8.C2H2O3.BrH/c1-2-6-10-8-4-3-7-9(10)5-1;3-1-5-2-4;/h1-8H;1-2H;1H. The Hall–Kier alpha value is -1.68. The fourth-order valence-corrected chi connectivity index (χ4v) is 1.16. The molecule has 0 aromatic heterocycles. The maximum Gasteiger partial charge on any atom is 0.300 e. The Kier molecular flexibility index (Phi) is 7.71. The van der Waals surface area contributed by atoms with Crippen LogP contribution in [0.5, 0.6) is 0 Å². The predicted molar refractivity (Wildman–Crippen MR) is 67.5 cm³/mol. The molecule has 0 saturated carbocycles. The van der Waals surface area contributed by atoms with Gasteiger partial charge in [0.2, 0.25) is 0 Å². The Morgan fingerprint density at radius 3 is 1.25 bits per heavy atom. The molecule has 0 radical (unpaired) electrons. The third-order valence-corrected chi connectivity index (χ3v) is 1.77. The van der Waals surface area contributed by atoms with Gasteiger partial charge < -0.3 is 4.74 Å². The Morgan fingerprint density at radius 2 is 1.06 bits per heavy atom. The van der Waals surface area contributed by atoms with Crippen molar-refractivity contribution in [3.05, 3.63) is 48.5 Å². The molecule has 84 valence electrons. The summed E-state index contributed by atoms with van der Waals surface area (Å²) in [5, 5.41) is 2.62. The van der Waals surface area contributed by atoms with Crippen LogP contribution in [0, 0.1) is 0 Å². The second-order valence-corrected chi connectivity index (χ2v) is 2.68. The van der Waals surface area contributed by atoms with Crippen molar-refractivity contribution in [3.8, 4) is 0 Å². The number of rotatable bonds is 2. The summed E-state index contributed by atoms with van der Waals surface area (Å²) in [6.07, 6.45) is 0. The molecule has 0 atom stereocenters. The number of benzene rings is 2. The first-order chi connectivity index (χ1) is 7.38. The predicted octanol–water partition coefficient (Wildman–Crippen LogP) is 2.73. The molecule has 0 saturated heterocycles. The first kappa shape index (κ1) is 14.3. The van der Waals surface area contributed by atoms with Crippen molar-refractivity contribution in [2.45, 2.75) is 0 Å². The summed E-state index contributed by atoms with van der Waals surface area (Å²) in [6, 6.07) is 16.7. The Bertz CT molecular complexity index is 371. The van der Waals surface area contributed by atoms with Crippen LogP contribution >= 0.6 is 17.0 Å². The number of hydrogen-bond donors (Lipinski definition) is 0. The van der Waals surface area contributed by atoms with Gasteiger partial charge in [-0.2, -0.15) is 0 Å². The highest BCUT2D eigenvalue weighted by molar-refractivity contribution is 8.93. The van der Waals surface area contributed by atoms with E-state index < -0.39 is 0 Å². The lowest BCUT2D eigenvalue weighted by atomic mass is 10.1. The Labute approximate surface area is 104 Å². The van der Waals surface area contributed by atoms with Gasteiger partial charge >= 0.3 is 12.9 Å². The second-order valence-electron chi connectivity index (χ2n) is 2.68. The van der Waals surface area contributed by atoms with Crippen LogP contribution in [0.4, 0.5) is 0 Å². The molecule has 4 heteroatoms. The lowest BCUT2D eigenvalue weighted by Gasteiger charge is -1.92. The average molecular weight is 283 g/mol. The molecule has 0 aliphatic heterocycles. The molecule has 16 heavy (non-hydrogen) atoms. The minimum Gasteiger partial charge on any atom is -0.398 e. The van der Waals surface area contributed by atoms with Gasteiger partial charge in [-0.25, -0.2) is 0 Å². The summed E-state index contributed by atoms with van der Waals surface area (Å²) in [4.78, 5) is 17.9. The average Bonchev–Trinajstić information content (AvgIpc) is 2.31. The molecule has 0 heterocycles. The number of fused-ring (bicyclic) bond motifs is 1. The van der Waals surface area contributed by atoms with Crippen LogP contribution in [0.3, 0.4) is 0 Å². The van der Waals surface area contributed by atoms with Gasteiger partial charge in [0.15, 0.2) is 0 Å². The summed E-state index contributed by atoms with van der Waals surface area (Å²) in [5.74, 6) is 0. The fourth-order valence-electron chi connectivity index (χ4n) is 1.16. The lowest BCUT2D eigenvalue weighted by molar-refractivity contribution is -0.141. The van der Waals surface area contributed by atoms with Crippen molar-refractivity contribution in [2.24, 2.45) is 0 Å². The van der Waals surface area contributed by atoms with Crippen molar-refractivity contribution in [2.75, 3.05) is 0 Å². The number of halogens is 1. The zero-order valence-corrected chi connectivity index (χ0v) is 10.1. The molecule has 2 aromatic rings. The van der Waals surface area contributed by atoms with Gasteiger partial charge in [-0.05, 0) is 10.8 Å². The van der Waals surface area contributed by atoms with Crippen LogP contribution in [-0.2, 0) is 14.3 Å². The van der Waals surface area contributed by atoms with Gasteiger partial charge in [-0.15, -0.1) is 17.0 Å². The van der Waals surface area contributed by atoms with Crippen LogP contribution in [-0.4, -0.2) is 12.9 Å². The summed E-state index contributed by atoms with van der Waals surface area (Å²) in [6.45, 7) is 0.125. The monoisotopic (exact) mass is 282 g/mol. The molecule has 2 aromatic carbocycles. The SMILES string of the molecule is Br.O=COC=O.c1ccc2ccccc2c1. The molecule has 3 nitrogen and oxygen atoms in total. The minimum atomic E-state index is 0. The molecular weight excluding hydrogens is 272 g/mol. The van der Waals surface area contributed by atoms with Gasteiger partial charge in [-0.3, -0.25) is 9.59 Å². The highest BCUT2D eigenvalue weighted by atomic mass is 79.9. The largest absolute Gasteiger partial charge is 0.398 e. The first-order valence-corrected chi connectivity index (χ1v) is 4.35. The highest BCUT2D eigenvalue weighted by Crippen LogP contribution is 2.11. The lowest BCUT2D eigenvalue weighted by Crippen LogP contribution is -1.77. The number of carbonyl (C=O) groups is 2. The number of carbonyl (C=O) groups excluding carboxylic acids is 2. The number of hydrogen-bond acceptors (Lipinski definition) is 3. The molecular formula is C12H11BrO3. The van der Waals surface area contributed by atoms with Gasteiger partial charge in [0, 0.05) is 0 Å². The summed E-state index contributed by atoms with van der Waals surface area (Å²) >= 11 is 0. The zero-order chi connectivity index (χ0) is 10.9. The minimum absolute atomic E-state index is 0. The molecule has 0 aliphatic carbocycles. The van der Waals surface area contributed by atoms with Crippen molar-refractivity contribution in [3.63, 3.8) is 0 Å². The third-order valence-electron chi connectivity index (χ3n) is 1.77. The van der Waals surface area contributed by atoms with E-state index in [0.29, 0.717) is 0 Å². The van der Waals surface area contributed by atoms with Crippen molar-refractivity contribution < 1.29 is 14.3 Å². The molecule has 0 bridgehead atoms. The quantitative estimate of drug-likeness (QED) is 0.628. The van der Waals surface area contributed by atoms with Gasteiger partial charge in [-0.1, -0.05) is 48.5 Å². The molecule has 0 amide bonds. The topological polar surface area (TPSA) is 43.4 Å². The van der Waals surface area contributed by atoms with Gasteiger partial charge in [0.05, 0.1) is 0 Å². The molecule has 0 N–H and O–H groups in total. The second kappa shape index (κ2) is 8.61. The van der Waals surface area contributed by atoms with Crippen molar-refractivity contribution >= 4 is 40.7 Å². The van der Waals surface area contributed by atoms with Crippen LogP contribution in [0.25, 0.3) is 10.8 Å². The fraction of sp³-hybridized carbons (Fsp3) is 0. The van der Waals surface area contributed by atoms with Crippen LogP contribution in [0.2, 0.25) is 0 Å². The maximum atomic E-state index is 8.95. The zero-order valence-electron chi connectivity index (χ0n) is 8.41. The molecule has 0 unspecified atom stereocenters. The van der Waals surface area contributed by atoms with Gasteiger partial charge in [0.1, 0.15) is 0 Å². The van der Waals surface area contributed by atoms with Crippen LogP contribution in [0.15, 0.2) is 48.5 Å². The molecule has 0 aliphatic rings. The van der Waals surface area contributed by atoms with E-state index in [2.05, 4.69) is 53.3 Å². The highest BCUT2D eigenvalue weighted by Gasteiger charge is 1.85. The first-order valence-electron chi connectivity index (χ1n) is 4.35. The Balaban J connectivity index is 0.000000330. The number of ether oxygens (including phenoxy) is 1. The van der Waals surface area contributed by atoms with Gasteiger partial charge in [0.25, 0.3) is 0 Å². The molecule has 2 rings (SSSR count). The van der Waals surface area contributed by atoms with E-state index in [1.165, 1.54) is 10.8 Å². The van der Waals surface area contributed by atoms with E-state index in [1.54, 1.807) is 0 Å². The van der Waals surface area contributed by atoms with E-state index in [0.717, 1.165) is 0 Å².